The Hall–Kier alpha value is -1.46. The van der Waals surface area contributed by atoms with E-state index in [-0.39, 0.29) is 17.6 Å². The molecule has 5 heteroatoms. The Morgan fingerprint density at radius 2 is 2.09 bits per heavy atom. The molecule has 0 aromatic carbocycles. The van der Waals surface area contributed by atoms with Crippen molar-refractivity contribution >= 4 is 5.91 Å². The van der Waals surface area contributed by atoms with Crippen molar-refractivity contribution in [1.29, 1.82) is 0 Å². The lowest BCUT2D eigenvalue weighted by molar-refractivity contribution is -0.148. The van der Waals surface area contributed by atoms with Gasteiger partial charge in [-0.25, -0.2) is 0 Å². The number of hydrogen-bond donors (Lipinski definition) is 0. The number of aromatic nitrogens is 1. The van der Waals surface area contributed by atoms with Crippen LogP contribution in [0.1, 0.15) is 37.1 Å². The summed E-state index contributed by atoms with van der Waals surface area (Å²) in [5.41, 5.74) is 2.13. The van der Waals surface area contributed by atoms with Crippen LogP contribution in [0.3, 0.4) is 0 Å². The summed E-state index contributed by atoms with van der Waals surface area (Å²) in [6, 6.07) is 6.19. The number of likely N-dealkylation sites (N-methyl/N-ethyl adjacent to an activating group) is 1. The first-order valence-corrected chi connectivity index (χ1v) is 8.51. The SMILES string of the molecule is Cc1cccc(CN2CCC3(CCC(C(=O)N(C)C)O3)CC2)n1. The number of nitrogens with zero attached hydrogens (tertiary/aromatic N) is 3. The van der Waals surface area contributed by atoms with Gasteiger partial charge in [0.15, 0.2) is 0 Å². The molecule has 3 heterocycles. The van der Waals surface area contributed by atoms with Crippen molar-refractivity contribution in [3.8, 4) is 0 Å². The Bertz CT molecular complexity index is 565. The number of likely N-dealkylation sites (tertiary alicyclic amines) is 1. The number of aryl methyl sites for hydroxylation is 1. The van der Waals surface area contributed by atoms with Gasteiger partial charge < -0.3 is 9.64 Å². The Morgan fingerprint density at radius 1 is 1.35 bits per heavy atom. The van der Waals surface area contributed by atoms with Crippen LogP contribution in [0.4, 0.5) is 0 Å². The predicted octanol–water partition coefficient (Wildman–Crippen LogP) is 1.99. The zero-order chi connectivity index (χ0) is 16.4. The Labute approximate surface area is 138 Å². The minimum absolute atomic E-state index is 0.0765. The summed E-state index contributed by atoms with van der Waals surface area (Å²) >= 11 is 0. The van der Waals surface area contributed by atoms with Crippen LogP contribution in [-0.2, 0) is 16.1 Å². The van der Waals surface area contributed by atoms with Crippen molar-refractivity contribution < 1.29 is 9.53 Å². The van der Waals surface area contributed by atoms with E-state index in [0.29, 0.717) is 0 Å². The fourth-order valence-corrected chi connectivity index (χ4v) is 3.68. The van der Waals surface area contributed by atoms with E-state index < -0.39 is 0 Å². The molecule has 0 aliphatic carbocycles. The van der Waals surface area contributed by atoms with Gasteiger partial charge in [-0.2, -0.15) is 0 Å². The highest BCUT2D eigenvalue weighted by Gasteiger charge is 2.44. The largest absolute Gasteiger partial charge is 0.362 e. The lowest BCUT2D eigenvalue weighted by Crippen LogP contribution is -2.45. The van der Waals surface area contributed by atoms with Crippen molar-refractivity contribution in [3.63, 3.8) is 0 Å². The summed E-state index contributed by atoms with van der Waals surface area (Å²) < 4.78 is 6.20. The van der Waals surface area contributed by atoms with Crippen LogP contribution in [0.2, 0.25) is 0 Å². The van der Waals surface area contributed by atoms with Gasteiger partial charge in [-0.15, -0.1) is 0 Å². The Morgan fingerprint density at radius 3 is 2.74 bits per heavy atom. The van der Waals surface area contributed by atoms with E-state index in [4.69, 9.17) is 4.74 Å². The van der Waals surface area contributed by atoms with Gasteiger partial charge in [-0.1, -0.05) is 6.07 Å². The summed E-state index contributed by atoms with van der Waals surface area (Å²) in [5.74, 6) is 0.105. The number of amides is 1. The number of carbonyl (C=O) groups excluding carboxylic acids is 1. The molecule has 1 aromatic heterocycles. The zero-order valence-electron chi connectivity index (χ0n) is 14.4. The molecule has 1 aromatic rings. The van der Waals surface area contributed by atoms with Crippen molar-refractivity contribution in [1.82, 2.24) is 14.8 Å². The first-order valence-electron chi connectivity index (χ1n) is 8.51. The number of rotatable bonds is 3. The quantitative estimate of drug-likeness (QED) is 0.855. The zero-order valence-corrected chi connectivity index (χ0v) is 14.4. The van der Waals surface area contributed by atoms with E-state index in [1.165, 1.54) is 0 Å². The van der Waals surface area contributed by atoms with E-state index in [1.54, 1.807) is 19.0 Å². The van der Waals surface area contributed by atoms with Gasteiger partial charge in [-0.05, 0) is 44.7 Å². The number of ether oxygens (including phenoxy) is 1. The molecule has 1 atom stereocenters. The average Bonchev–Trinajstić information content (AvgIpc) is 2.93. The maximum Gasteiger partial charge on any atom is 0.251 e. The molecule has 126 valence electrons. The number of pyridine rings is 1. The molecule has 0 bridgehead atoms. The van der Waals surface area contributed by atoms with Gasteiger partial charge in [0, 0.05) is 39.4 Å². The second-order valence-corrected chi connectivity index (χ2v) is 7.11. The van der Waals surface area contributed by atoms with E-state index in [9.17, 15) is 4.79 Å². The minimum atomic E-state index is -0.241. The van der Waals surface area contributed by atoms with Gasteiger partial charge in [0.1, 0.15) is 6.10 Å². The highest BCUT2D eigenvalue weighted by Crippen LogP contribution is 2.39. The third-order valence-electron chi connectivity index (χ3n) is 5.07. The average molecular weight is 317 g/mol. The summed E-state index contributed by atoms with van der Waals surface area (Å²) in [6.45, 7) is 4.96. The molecule has 1 unspecified atom stereocenters. The summed E-state index contributed by atoms with van der Waals surface area (Å²) in [5, 5.41) is 0. The van der Waals surface area contributed by atoms with E-state index >= 15 is 0 Å². The molecular weight excluding hydrogens is 290 g/mol. The molecule has 2 aliphatic heterocycles. The first kappa shape index (κ1) is 16.4. The third kappa shape index (κ3) is 3.72. The highest BCUT2D eigenvalue weighted by molar-refractivity contribution is 5.80. The van der Waals surface area contributed by atoms with Crippen LogP contribution in [-0.4, -0.2) is 59.6 Å². The Balaban J connectivity index is 1.53. The van der Waals surface area contributed by atoms with Crippen molar-refractivity contribution in [3.05, 3.63) is 29.6 Å². The summed E-state index contributed by atoms with van der Waals surface area (Å²) in [6.07, 6.45) is 3.64. The van der Waals surface area contributed by atoms with Crippen LogP contribution >= 0.6 is 0 Å². The first-order chi connectivity index (χ1) is 11.0. The molecule has 2 saturated heterocycles. The second-order valence-electron chi connectivity index (χ2n) is 7.11. The molecule has 0 saturated carbocycles. The monoisotopic (exact) mass is 317 g/mol. The van der Waals surface area contributed by atoms with Crippen LogP contribution in [0.15, 0.2) is 18.2 Å². The lowest BCUT2D eigenvalue weighted by Gasteiger charge is -2.39. The highest BCUT2D eigenvalue weighted by atomic mass is 16.5. The summed E-state index contributed by atoms with van der Waals surface area (Å²) in [4.78, 5) is 20.8. The van der Waals surface area contributed by atoms with Gasteiger partial charge >= 0.3 is 0 Å². The maximum absolute atomic E-state index is 12.1. The second kappa shape index (κ2) is 6.57. The maximum atomic E-state index is 12.1. The van der Waals surface area contributed by atoms with Crippen molar-refractivity contribution in [2.24, 2.45) is 0 Å². The third-order valence-corrected chi connectivity index (χ3v) is 5.07. The van der Waals surface area contributed by atoms with E-state index in [2.05, 4.69) is 22.0 Å². The van der Waals surface area contributed by atoms with Crippen LogP contribution in [0, 0.1) is 6.92 Å². The molecule has 2 aliphatic rings. The van der Waals surface area contributed by atoms with Gasteiger partial charge in [0.05, 0.1) is 11.3 Å². The molecular formula is C18H27N3O2. The van der Waals surface area contributed by atoms with Crippen molar-refractivity contribution in [2.45, 2.75) is 50.9 Å². The molecule has 0 N–H and O–H groups in total. The topological polar surface area (TPSA) is 45.7 Å². The number of carbonyl (C=O) groups is 1. The van der Waals surface area contributed by atoms with Crippen molar-refractivity contribution in [2.75, 3.05) is 27.2 Å². The fraction of sp³-hybridized carbons (Fsp3) is 0.667. The molecule has 2 fully saturated rings. The normalized spacial score (nSPS) is 24.0. The molecule has 3 rings (SSSR count). The van der Waals surface area contributed by atoms with Crippen LogP contribution < -0.4 is 0 Å². The van der Waals surface area contributed by atoms with E-state index in [1.807, 2.05) is 13.0 Å². The molecule has 1 spiro atoms. The number of hydrogen-bond acceptors (Lipinski definition) is 4. The predicted molar refractivity (Wildman–Crippen MR) is 89.0 cm³/mol. The minimum Gasteiger partial charge on any atom is -0.362 e. The van der Waals surface area contributed by atoms with Gasteiger partial charge in [-0.3, -0.25) is 14.7 Å². The number of piperidine rings is 1. The van der Waals surface area contributed by atoms with Crippen LogP contribution in [0.25, 0.3) is 0 Å². The Kier molecular flexibility index (Phi) is 4.69. The molecule has 5 nitrogen and oxygen atoms in total. The van der Waals surface area contributed by atoms with E-state index in [0.717, 1.165) is 56.7 Å². The fourth-order valence-electron chi connectivity index (χ4n) is 3.68. The van der Waals surface area contributed by atoms with Gasteiger partial charge in [0.2, 0.25) is 0 Å². The lowest BCUT2D eigenvalue weighted by atomic mass is 9.88. The standard InChI is InChI=1S/C18H27N3O2/c1-14-5-4-6-15(19-14)13-21-11-9-18(10-12-21)8-7-16(23-18)17(22)20(2)3/h4-6,16H,7-13H2,1-3H3. The molecule has 1 amide bonds. The molecule has 0 radical (unpaired) electrons. The molecule has 23 heavy (non-hydrogen) atoms. The smallest absolute Gasteiger partial charge is 0.251 e. The van der Waals surface area contributed by atoms with Gasteiger partial charge in [0.25, 0.3) is 5.91 Å². The summed E-state index contributed by atoms with van der Waals surface area (Å²) in [7, 11) is 3.60. The van der Waals surface area contributed by atoms with Crippen LogP contribution in [0.5, 0.6) is 0 Å².